The van der Waals surface area contributed by atoms with Gasteiger partial charge in [0.05, 0.1) is 6.10 Å². The minimum Gasteiger partial charge on any atom is -0.488 e. The van der Waals surface area contributed by atoms with E-state index in [1.54, 1.807) is 0 Å². The lowest BCUT2D eigenvalue weighted by atomic mass is 9.88. The van der Waals surface area contributed by atoms with Gasteiger partial charge >= 0.3 is 41.7 Å². The van der Waals surface area contributed by atoms with Crippen molar-refractivity contribution in [1.82, 2.24) is 0 Å². The van der Waals surface area contributed by atoms with E-state index in [2.05, 4.69) is 4.74 Å². The van der Waals surface area contributed by atoms with Gasteiger partial charge in [-0.2, -0.15) is 65.9 Å². The number of rotatable bonds is 10. The van der Waals surface area contributed by atoms with Gasteiger partial charge in [-0.25, -0.2) is 0 Å². The predicted octanol–water partition coefficient (Wildman–Crippen LogP) is 8.32. The molecule has 1 atom stereocenters. The minimum atomic E-state index is -8.32. The van der Waals surface area contributed by atoms with Crippen LogP contribution >= 0.6 is 0 Å². The number of benzene rings is 1. The van der Waals surface area contributed by atoms with E-state index < -0.39 is 65.4 Å². The smallest absolute Gasteiger partial charge is 0.460 e. The minimum absolute atomic E-state index is 0.0898. The lowest BCUT2D eigenvalue weighted by Gasteiger charge is -2.42. The van der Waals surface area contributed by atoms with Crippen LogP contribution in [-0.4, -0.2) is 54.4 Å². The second-order valence-electron chi connectivity index (χ2n) is 8.79. The molecule has 0 aromatic heterocycles. The molecule has 0 aliphatic carbocycles. The highest BCUT2D eigenvalue weighted by atomic mass is 19.4. The first kappa shape index (κ1) is 33.0. The summed E-state index contributed by atoms with van der Waals surface area (Å²) in [5.74, 6) is -46.9. The van der Waals surface area contributed by atoms with Crippen molar-refractivity contribution in [3.05, 3.63) is 29.8 Å². The van der Waals surface area contributed by atoms with Gasteiger partial charge in [0.25, 0.3) is 0 Å². The first-order valence-corrected chi connectivity index (χ1v) is 9.76. The maximum absolute atomic E-state index is 14.3. The lowest BCUT2D eigenvalue weighted by molar-refractivity contribution is -0.453. The molecule has 1 unspecified atom stereocenters. The van der Waals surface area contributed by atoms with Crippen molar-refractivity contribution in [3.8, 4) is 5.75 Å². The molecule has 0 saturated carbocycles. The molecule has 0 aliphatic rings. The topological polar surface area (TPSA) is 18.5 Å². The zero-order chi connectivity index (χ0) is 29.7. The molecule has 0 amide bonds. The Bertz CT molecular complexity index is 932. The fourth-order valence-corrected chi connectivity index (χ4v) is 2.83. The van der Waals surface area contributed by atoms with Crippen molar-refractivity contribution in [2.24, 2.45) is 0 Å². The van der Waals surface area contributed by atoms with Gasteiger partial charge < -0.3 is 9.47 Å². The van der Waals surface area contributed by atoms with Crippen molar-refractivity contribution >= 4 is 0 Å². The van der Waals surface area contributed by atoms with Gasteiger partial charge in [-0.05, 0) is 38.5 Å². The predicted molar refractivity (Wildman–Crippen MR) is 96.9 cm³/mol. The Labute approximate surface area is 199 Å². The van der Waals surface area contributed by atoms with Crippen LogP contribution in [0.25, 0.3) is 0 Å². The van der Waals surface area contributed by atoms with Gasteiger partial charge in [0.1, 0.15) is 11.4 Å². The van der Waals surface area contributed by atoms with E-state index in [0.717, 1.165) is 18.2 Å². The highest BCUT2D eigenvalue weighted by Crippen LogP contribution is 2.63. The average molecular weight is 576 g/mol. The molecular weight excluding hydrogens is 557 g/mol. The summed E-state index contributed by atoms with van der Waals surface area (Å²) in [7, 11) is 0.584. The van der Waals surface area contributed by atoms with E-state index in [9.17, 15) is 65.9 Å². The van der Waals surface area contributed by atoms with Crippen LogP contribution in [0.3, 0.4) is 0 Å². The molecular formula is C20H19F15O2. The zero-order valence-electron chi connectivity index (χ0n) is 19.1. The van der Waals surface area contributed by atoms with Crippen LogP contribution in [0.1, 0.15) is 38.9 Å². The SMILES string of the molecule is COC(CC(F)(F)C(F)(F)C(F)(F)C(F)(F)C(F)(F)C(F)(F)C(F)(F)F)c1cccc(OC(C)(C)C)c1. The van der Waals surface area contributed by atoms with Crippen molar-refractivity contribution in [1.29, 1.82) is 0 Å². The monoisotopic (exact) mass is 576 g/mol. The summed E-state index contributed by atoms with van der Waals surface area (Å²) in [5, 5.41) is 0. The Morgan fingerprint density at radius 2 is 1.08 bits per heavy atom. The number of halogens is 15. The van der Waals surface area contributed by atoms with Crippen LogP contribution in [-0.2, 0) is 4.74 Å². The van der Waals surface area contributed by atoms with Crippen LogP contribution < -0.4 is 4.74 Å². The summed E-state index contributed by atoms with van der Waals surface area (Å²) >= 11 is 0. The van der Waals surface area contributed by atoms with Gasteiger partial charge in [-0.15, -0.1) is 0 Å². The Hall–Kier alpha value is -2.07. The first-order valence-electron chi connectivity index (χ1n) is 9.76. The van der Waals surface area contributed by atoms with Crippen LogP contribution in [0.15, 0.2) is 24.3 Å². The molecule has 0 saturated heterocycles. The lowest BCUT2D eigenvalue weighted by Crippen LogP contribution is -2.72. The first-order chi connectivity index (χ1) is 16.1. The molecule has 1 rings (SSSR count). The molecule has 0 fully saturated rings. The molecule has 0 radical (unpaired) electrons. The Morgan fingerprint density at radius 3 is 1.49 bits per heavy atom. The van der Waals surface area contributed by atoms with E-state index in [-0.39, 0.29) is 5.75 Å². The molecule has 216 valence electrons. The zero-order valence-corrected chi connectivity index (χ0v) is 19.1. The van der Waals surface area contributed by atoms with E-state index >= 15 is 0 Å². The number of methoxy groups -OCH3 is 1. The summed E-state index contributed by atoms with van der Waals surface area (Å²) in [6, 6.07) is 4.16. The van der Waals surface area contributed by atoms with Crippen LogP contribution in [0.5, 0.6) is 5.75 Å². The molecule has 17 heteroatoms. The molecule has 0 N–H and O–H groups in total. The van der Waals surface area contributed by atoms with Gasteiger partial charge in [0, 0.05) is 13.5 Å². The Kier molecular flexibility index (Phi) is 8.55. The number of ether oxygens (including phenoxy) is 2. The third-order valence-corrected chi connectivity index (χ3v) is 4.77. The fraction of sp³-hybridized carbons (Fsp3) is 0.700. The Morgan fingerprint density at radius 1 is 0.649 bits per heavy atom. The molecule has 0 bridgehead atoms. The van der Waals surface area contributed by atoms with Gasteiger partial charge in [-0.1, -0.05) is 12.1 Å². The third kappa shape index (κ3) is 5.70. The molecule has 37 heavy (non-hydrogen) atoms. The van der Waals surface area contributed by atoms with E-state index in [1.165, 1.54) is 26.8 Å². The normalized spacial score (nSPS) is 16.1. The summed E-state index contributed by atoms with van der Waals surface area (Å²) in [6.45, 7) is 4.59. The van der Waals surface area contributed by atoms with Crippen molar-refractivity contribution in [3.63, 3.8) is 0 Å². The van der Waals surface area contributed by atoms with Gasteiger partial charge in [0.2, 0.25) is 0 Å². The van der Waals surface area contributed by atoms with E-state index in [1.807, 2.05) is 0 Å². The van der Waals surface area contributed by atoms with Crippen molar-refractivity contribution in [2.75, 3.05) is 7.11 Å². The average Bonchev–Trinajstić information content (AvgIpc) is 2.69. The second kappa shape index (κ2) is 9.59. The fourth-order valence-electron chi connectivity index (χ4n) is 2.83. The quantitative estimate of drug-likeness (QED) is 0.261. The second-order valence-corrected chi connectivity index (χ2v) is 8.79. The number of alkyl halides is 15. The molecule has 1 aromatic carbocycles. The van der Waals surface area contributed by atoms with E-state index in [0.29, 0.717) is 7.11 Å². The van der Waals surface area contributed by atoms with Crippen LogP contribution in [0.2, 0.25) is 0 Å². The third-order valence-electron chi connectivity index (χ3n) is 4.77. The summed E-state index contributed by atoms with van der Waals surface area (Å²) < 4.78 is 211. The summed E-state index contributed by atoms with van der Waals surface area (Å²) in [6.07, 6.45) is -12.6. The van der Waals surface area contributed by atoms with Crippen molar-refractivity contribution in [2.45, 2.75) is 80.6 Å². The Balaban J connectivity index is 3.49. The van der Waals surface area contributed by atoms with E-state index in [4.69, 9.17) is 4.74 Å². The standard InChI is InChI=1S/C20H19F15O2/c1-13(2,3)37-11-7-5-6-10(8-11)12(36-4)9-14(21,22)15(23,24)16(25,26)17(27,28)18(29,30)19(31,32)20(33,34)35/h5-8,12H,9H2,1-4H3. The maximum Gasteiger partial charge on any atom is 0.460 e. The number of hydrogen-bond acceptors (Lipinski definition) is 2. The van der Waals surface area contributed by atoms with Gasteiger partial charge in [-0.3, -0.25) is 0 Å². The number of hydrogen-bond donors (Lipinski definition) is 0. The molecule has 0 aliphatic heterocycles. The van der Waals surface area contributed by atoms with Gasteiger partial charge in [0.15, 0.2) is 0 Å². The molecule has 1 aromatic rings. The highest BCUT2D eigenvalue weighted by Gasteiger charge is 2.93. The van der Waals surface area contributed by atoms with Crippen molar-refractivity contribution < 1.29 is 75.3 Å². The molecule has 0 spiro atoms. The molecule has 2 nitrogen and oxygen atoms in total. The van der Waals surface area contributed by atoms with Crippen LogP contribution in [0.4, 0.5) is 65.9 Å². The van der Waals surface area contributed by atoms with Crippen LogP contribution in [0, 0.1) is 0 Å². The summed E-state index contributed by atoms with van der Waals surface area (Å²) in [5.41, 5.74) is -1.38. The maximum atomic E-state index is 14.3. The molecule has 0 heterocycles. The summed E-state index contributed by atoms with van der Waals surface area (Å²) in [4.78, 5) is 0. The largest absolute Gasteiger partial charge is 0.488 e. The highest BCUT2D eigenvalue weighted by molar-refractivity contribution is 5.31.